The molecule has 5 heteroatoms. The van der Waals surface area contributed by atoms with Gasteiger partial charge in [-0.15, -0.1) is 0 Å². The van der Waals surface area contributed by atoms with Crippen molar-refractivity contribution in [2.75, 3.05) is 0 Å². The number of aromatic nitrogens is 2. The van der Waals surface area contributed by atoms with E-state index in [1.54, 1.807) is 0 Å². The van der Waals surface area contributed by atoms with Crippen LogP contribution in [0.4, 0.5) is 0 Å². The van der Waals surface area contributed by atoms with E-state index in [-0.39, 0.29) is 17.4 Å². The van der Waals surface area contributed by atoms with Gasteiger partial charge in [-0.3, -0.25) is 0 Å². The molecule has 0 amide bonds. The van der Waals surface area contributed by atoms with Crippen molar-refractivity contribution in [3.63, 3.8) is 0 Å². The average molecular weight is 667 g/mol. The second-order valence-corrected chi connectivity index (χ2v) is 22.1. The highest BCUT2D eigenvalue weighted by molar-refractivity contribution is 6.89. The van der Waals surface area contributed by atoms with Crippen LogP contribution in [-0.2, 0) is 12.8 Å². The largest absolute Gasteiger partial charge is 0.437 e. The van der Waals surface area contributed by atoms with Gasteiger partial charge in [-0.2, -0.15) is 4.57 Å². The second kappa shape index (κ2) is 12.0. The Morgan fingerprint density at radius 2 is 1.76 bits per heavy atom. The fourth-order valence-corrected chi connectivity index (χ4v) is 9.82. The molecule has 0 saturated carbocycles. The zero-order chi connectivity index (χ0) is 35.0. The van der Waals surface area contributed by atoms with Crippen LogP contribution in [0.1, 0.15) is 93.8 Å². The molecule has 3 unspecified atom stereocenters. The van der Waals surface area contributed by atoms with Crippen LogP contribution < -0.4 is 9.75 Å². The van der Waals surface area contributed by atoms with Crippen molar-refractivity contribution in [3.8, 4) is 11.3 Å². The molecule has 0 saturated heterocycles. The third kappa shape index (κ3) is 5.84. The molecule has 0 fully saturated rings. The van der Waals surface area contributed by atoms with E-state index in [1.165, 1.54) is 33.1 Å². The van der Waals surface area contributed by atoms with Crippen molar-refractivity contribution in [3.05, 3.63) is 114 Å². The van der Waals surface area contributed by atoms with Crippen LogP contribution in [0.5, 0.6) is 0 Å². The summed E-state index contributed by atoms with van der Waals surface area (Å²) in [6.07, 6.45) is 7.28. The van der Waals surface area contributed by atoms with Crippen LogP contribution in [0.15, 0.2) is 95.1 Å². The van der Waals surface area contributed by atoms with E-state index in [0.717, 1.165) is 58.3 Å². The minimum Gasteiger partial charge on any atom is -0.437 e. The van der Waals surface area contributed by atoms with Gasteiger partial charge >= 0.3 is 0 Å². The molecule has 0 N–H and O–H groups in total. The Morgan fingerprint density at radius 1 is 1.02 bits per heavy atom. The molecule has 7 rings (SSSR count). The van der Waals surface area contributed by atoms with E-state index in [9.17, 15) is 0 Å². The molecule has 4 nitrogen and oxygen atoms in total. The van der Waals surface area contributed by atoms with E-state index in [4.69, 9.17) is 21.0 Å². The Balaban J connectivity index is 1.44. The van der Waals surface area contributed by atoms with E-state index >= 15 is 0 Å². The van der Waals surface area contributed by atoms with E-state index < -0.39 is 8.07 Å². The highest BCUT2D eigenvalue weighted by atomic mass is 28.3. The summed E-state index contributed by atoms with van der Waals surface area (Å²) in [5, 5.41) is 3.63. The summed E-state index contributed by atoms with van der Waals surface area (Å²) in [4.78, 5) is 10.4. The number of benzene rings is 2. The highest BCUT2D eigenvalue weighted by Crippen LogP contribution is 2.45. The summed E-state index contributed by atoms with van der Waals surface area (Å²) in [6, 6.07) is 20.3. The third-order valence-corrected chi connectivity index (χ3v) is 13.0. The Morgan fingerprint density at radius 3 is 2.45 bits per heavy atom. The maximum Gasteiger partial charge on any atom is 0.227 e. The van der Waals surface area contributed by atoms with Gasteiger partial charge in [-0.1, -0.05) is 105 Å². The molecule has 2 aliphatic rings. The lowest BCUT2D eigenvalue weighted by Gasteiger charge is -2.33. The zero-order valence-corrected chi connectivity index (χ0v) is 31.9. The standard InChI is InChI=1S/C44H52N3OSi/c1-12-36-40-29(18-20-34-35-21-22-37(27(4)26(2)3)46-43(35)48-42(34)40)17-19-33-31-15-13-14-16-32(31)38-23-30(24-44(6,7)8)39(49(9,10)11)25-47(38)41(33)28(5)45-36/h12-16,18,20-23,25-27,33,41H,1,5,17,19,24H2,2-4,6-11H3/q+1. The maximum absolute atomic E-state index is 6.69. The molecule has 0 aliphatic carbocycles. The summed E-state index contributed by atoms with van der Waals surface area (Å²) in [6.45, 7) is 30.2. The Labute approximate surface area is 293 Å². The summed E-state index contributed by atoms with van der Waals surface area (Å²) < 4.78 is 9.23. The first kappa shape index (κ1) is 33.4. The van der Waals surface area contributed by atoms with Crippen molar-refractivity contribution >= 4 is 41.0 Å². The lowest BCUT2D eigenvalue weighted by molar-refractivity contribution is -0.708. The highest BCUT2D eigenvalue weighted by Gasteiger charge is 2.44. The van der Waals surface area contributed by atoms with Crippen molar-refractivity contribution < 1.29 is 8.98 Å². The molecule has 0 bridgehead atoms. The number of fused-ring (bicyclic) bond motifs is 11. The van der Waals surface area contributed by atoms with Crippen LogP contribution in [-0.4, -0.2) is 18.8 Å². The topological polar surface area (TPSA) is 42.3 Å². The SMILES string of the molecule is C=CC1=NC(=C)C2C(CCc3ccc4c(oc5nc(C(C)C(C)C)ccc54)c31)c1ccccc1-c1cc(CC(C)(C)C)c([Si](C)(C)C)c[n+]12. The molecule has 5 heterocycles. The predicted molar refractivity (Wildman–Crippen MR) is 209 cm³/mol. The Bertz CT molecular complexity index is 2170. The molecule has 2 aliphatic heterocycles. The van der Waals surface area contributed by atoms with Crippen LogP contribution in [0.3, 0.4) is 0 Å². The predicted octanol–water partition coefficient (Wildman–Crippen LogP) is 10.6. The number of allylic oxidation sites excluding steroid dienone is 2. The monoisotopic (exact) mass is 666 g/mol. The number of aryl methyl sites for hydroxylation is 1. The van der Waals surface area contributed by atoms with Crippen LogP contribution >= 0.6 is 0 Å². The van der Waals surface area contributed by atoms with Gasteiger partial charge in [0.15, 0.2) is 6.20 Å². The number of furan rings is 1. The zero-order valence-electron chi connectivity index (χ0n) is 30.9. The molecule has 0 spiro atoms. The van der Waals surface area contributed by atoms with Gasteiger partial charge in [0.05, 0.1) is 19.7 Å². The first-order valence-electron chi connectivity index (χ1n) is 18.1. The quantitative estimate of drug-likeness (QED) is 0.138. The van der Waals surface area contributed by atoms with Crippen LogP contribution in [0, 0.1) is 11.3 Å². The lowest BCUT2D eigenvalue weighted by Crippen LogP contribution is -2.54. The van der Waals surface area contributed by atoms with E-state index in [0.29, 0.717) is 17.5 Å². The van der Waals surface area contributed by atoms with Crippen molar-refractivity contribution in [2.24, 2.45) is 16.3 Å². The number of pyridine rings is 2. The summed E-state index contributed by atoms with van der Waals surface area (Å²) in [7, 11) is -1.70. The minimum atomic E-state index is -1.70. The number of hydrogen-bond donors (Lipinski definition) is 0. The van der Waals surface area contributed by atoms with Gasteiger partial charge < -0.3 is 4.42 Å². The molecular weight excluding hydrogens is 615 g/mol. The average Bonchev–Trinajstić information content (AvgIpc) is 3.43. The third-order valence-electron chi connectivity index (χ3n) is 10.9. The lowest BCUT2D eigenvalue weighted by atomic mass is 9.78. The summed E-state index contributed by atoms with van der Waals surface area (Å²) in [5.41, 5.74) is 12.2. The van der Waals surface area contributed by atoms with Crippen LogP contribution in [0.25, 0.3) is 33.3 Å². The first-order chi connectivity index (χ1) is 23.2. The fraction of sp³-hybridized carbons (Fsp3) is 0.386. The molecule has 3 aromatic heterocycles. The number of aliphatic imine (C=N–C) groups is 1. The second-order valence-electron chi connectivity index (χ2n) is 17.1. The molecule has 2 aromatic carbocycles. The van der Waals surface area contributed by atoms with Gasteiger partial charge in [0.2, 0.25) is 17.4 Å². The molecule has 0 radical (unpaired) electrons. The van der Waals surface area contributed by atoms with Crippen molar-refractivity contribution in [1.29, 1.82) is 0 Å². The van der Waals surface area contributed by atoms with Gasteiger partial charge in [0, 0.05) is 44.8 Å². The summed E-state index contributed by atoms with van der Waals surface area (Å²) in [5.74, 6) is 1.05. The molecule has 49 heavy (non-hydrogen) atoms. The van der Waals surface area contributed by atoms with Crippen molar-refractivity contribution in [2.45, 2.75) is 98.3 Å². The van der Waals surface area contributed by atoms with E-state index in [1.807, 2.05) is 6.08 Å². The summed E-state index contributed by atoms with van der Waals surface area (Å²) >= 11 is 0. The minimum absolute atomic E-state index is 0.0131. The Hall–Kier alpha value is -4.09. The van der Waals surface area contributed by atoms with Crippen molar-refractivity contribution in [1.82, 2.24) is 4.98 Å². The fourth-order valence-electron chi connectivity index (χ4n) is 8.17. The van der Waals surface area contributed by atoms with E-state index in [2.05, 4.69) is 133 Å². The Kier molecular flexibility index (Phi) is 8.21. The first-order valence-corrected chi connectivity index (χ1v) is 21.6. The molecular formula is C44H52N3OSi+. The number of nitrogens with zero attached hydrogens (tertiary/aromatic N) is 3. The maximum atomic E-state index is 6.69. The normalized spacial score (nSPS) is 18.6. The van der Waals surface area contributed by atoms with Gasteiger partial charge in [-0.05, 0) is 71.6 Å². The van der Waals surface area contributed by atoms with Crippen LogP contribution in [0.2, 0.25) is 19.6 Å². The van der Waals surface area contributed by atoms with Gasteiger partial charge in [-0.25, -0.2) is 9.98 Å². The smallest absolute Gasteiger partial charge is 0.227 e. The van der Waals surface area contributed by atoms with Gasteiger partial charge in [0.1, 0.15) is 11.3 Å². The number of hydrogen-bond acceptors (Lipinski definition) is 3. The number of rotatable bonds is 5. The molecule has 5 aromatic rings. The molecule has 252 valence electrons. The molecule has 3 atom stereocenters. The van der Waals surface area contributed by atoms with Gasteiger partial charge in [0.25, 0.3) is 0 Å².